The van der Waals surface area contributed by atoms with Gasteiger partial charge in [0.25, 0.3) is 5.91 Å². The van der Waals surface area contributed by atoms with Crippen molar-refractivity contribution in [3.05, 3.63) is 29.8 Å². The van der Waals surface area contributed by atoms with Gasteiger partial charge in [-0.2, -0.15) is 0 Å². The Morgan fingerprint density at radius 3 is 2.22 bits per heavy atom. The van der Waals surface area contributed by atoms with Crippen molar-refractivity contribution < 1.29 is 9.90 Å². The first-order valence-corrected chi connectivity index (χ1v) is 14.7. The molecule has 2 saturated heterocycles. The SMILES string of the molecule is CCN1CCN(C(=O)c2ccc(N3CCC(N[C@H](C)C45C[C@@H]6C[C@@H](CC(O)(C6)C4)C5)CC3)cc2)CC1. The molecule has 7 rings (SSSR count). The number of likely N-dealkylation sites (N-methyl/N-ethyl adjacent to an activating group) is 1. The maximum atomic E-state index is 12.9. The van der Waals surface area contributed by atoms with E-state index < -0.39 is 0 Å². The summed E-state index contributed by atoms with van der Waals surface area (Å²) in [5.41, 5.74) is 1.98. The molecule has 2 heterocycles. The van der Waals surface area contributed by atoms with Crippen molar-refractivity contribution >= 4 is 11.6 Å². The van der Waals surface area contributed by atoms with E-state index in [1.807, 2.05) is 17.0 Å². The van der Waals surface area contributed by atoms with Gasteiger partial charge in [-0.1, -0.05) is 6.92 Å². The lowest BCUT2D eigenvalue weighted by atomic mass is 9.46. The Morgan fingerprint density at radius 1 is 1.00 bits per heavy atom. The predicted octanol–water partition coefficient (Wildman–Crippen LogP) is 3.74. The average molecular weight is 495 g/mol. The van der Waals surface area contributed by atoms with Crippen LogP contribution in [0.3, 0.4) is 0 Å². The number of rotatable bonds is 6. The first-order chi connectivity index (χ1) is 17.3. The van der Waals surface area contributed by atoms with Crippen LogP contribution in [-0.4, -0.2) is 84.3 Å². The zero-order valence-electron chi connectivity index (χ0n) is 22.4. The smallest absolute Gasteiger partial charge is 0.253 e. The van der Waals surface area contributed by atoms with Crippen molar-refractivity contribution in [2.45, 2.75) is 82.9 Å². The summed E-state index contributed by atoms with van der Waals surface area (Å²) >= 11 is 0. The lowest BCUT2D eigenvalue weighted by molar-refractivity contribution is -0.172. The number of benzene rings is 1. The molecule has 2 aliphatic heterocycles. The third-order valence-corrected chi connectivity index (χ3v) is 10.6. The van der Waals surface area contributed by atoms with Crippen LogP contribution in [0.5, 0.6) is 0 Å². The fraction of sp³-hybridized carbons (Fsp3) is 0.767. The quantitative estimate of drug-likeness (QED) is 0.631. The molecule has 4 aliphatic carbocycles. The highest BCUT2D eigenvalue weighted by Crippen LogP contribution is 2.62. The Bertz CT molecular complexity index is 919. The average Bonchev–Trinajstić information content (AvgIpc) is 2.87. The van der Waals surface area contributed by atoms with Crippen molar-refractivity contribution in [2.24, 2.45) is 17.3 Å². The van der Waals surface area contributed by atoms with Gasteiger partial charge in [0.1, 0.15) is 0 Å². The minimum absolute atomic E-state index is 0.170. The predicted molar refractivity (Wildman–Crippen MR) is 144 cm³/mol. The van der Waals surface area contributed by atoms with E-state index in [-0.39, 0.29) is 11.5 Å². The van der Waals surface area contributed by atoms with Crippen molar-refractivity contribution in [1.82, 2.24) is 15.1 Å². The summed E-state index contributed by atoms with van der Waals surface area (Å²) in [6.45, 7) is 11.4. The van der Waals surface area contributed by atoms with Gasteiger partial charge in [-0.15, -0.1) is 0 Å². The highest BCUT2D eigenvalue weighted by molar-refractivity contribution is 5.94. The second-order valence-electron chi connectivity index (χ2n) is 13.0. The number of hydrogen-bond acceptors (Lipinski definition) is 5. The molecule has 0 aromatic heterocycles. The number of anilines is 1. The molecular weight excluding hydrogens is 448 g/mol. The van der Waals surface area contributed by atoms with Crippen molar-refractivity contribution in [3.63, 3.8) is 0 Å². The Balaban J connectivity index is 1.01. The molecule has 0 spiro atoms. The Kier molecular flexibility index (Phi) is 6.58. The third kappa shape index (κ3) is 4.69. The van der Waals surface area contributed by atoms with Gasteiger partial charge in [0.05, 0.1) is 5.60 Å². The van der Waals surface area contributed by atoms with Crippen LogP contribution in [0.25, 0.3) is 0 Å². The Labute approximate surface area is 217 Å². The van der Waals surface area contributed by atoms with Crippen LogP contribution in [0.1, 0.15) is 75.6 Å². The first kappa shape index (κ1) is 24.7. The summed E-state index contributed by atoms with van der Waals surface area (Å²) in [4.78, 5) is 19.8. The van der Waals surface area contributed by atoms with Crippen LogP contribution in [0, 0.1) is 17.3 Å². The molecule has 5 atom stereocenters. The summed E-state index contributed by atoms with van der Waals surface area (Å²) in [5, 5.41) is 15.2. The summed E-state index contributed by atoms with van der Waals surface area (Å²) in [6, 6.07) is 9.36. The largest absolute Gasteiger partial charge is 0.390 e. The molecule has 1 aromatic carbocycles. The monoisotopic (exact) mass is 494 g/mol. The topological polar surface area (TPSA) is 59.0 Å². The van der Waals surface area contributed by atoms with Gasteiger partial charge in [0.15, 0.2) is 0 Å². The first-order valence-electron chi connectivity index (χ1n) is 14.7. The number of piperazine rings is 1. The van der Waals surface area contributed by atoms with Gasteiger partial charge in [0, 0.05) is 62.6 Å². The Morgan fingerprint density at radius 2 is 1.64 bits per heavy atom. The van der Waals surface area contributed by atoms with Gasteiger partial charge in [-0.3, -0.25) is 4.79 Å². The zero-order valence-corrected chi connectivity index (χ0v) is 22.4. The Hall–Kier alpha value is -1.63. The van der Waals surface area contributed by atoms with E-state index in [0.29, 0.717) is 17.5 Å². The third-order valence-electron chi connectivity index (χ3n) is 10.6. The van der Waals surface area contributed by atoms with E-state index in [1.54, 1.807) is 0 Å². The molecule has 6 nitrogen and oxygen atoms in total. The highest BCUT2D eigenvalue weighted by atomic mass is 16.3. The number of piperidine rings is 1. The number of carbonyl (C=O) groups is 1. The molecule has 2 unspecified atom stereocenters. The van der Waals surface area contributed by atoms with Gasteiger partial charge in [-0.25, -0.2) is 0 Å². The molecule has 4 bridgehead atoms. The highest BCUT2D eigenvalue weighted by Gasteiger charge is 2.58. The fourth-order valence-corrected chi connectivity index (χ4v) is 8.89. The molecule has 6 fully saturated rings. The van der Waals surface area contributed by atoms with Crippen LogP contribution in [0.2, 0.25) is 0 Å². The number of amides is 1. The molecule has 0 radical (unpaired) electrons. The van der Waals surface area contributed by atoms with Crippen LogP contribution in [0.4, 0.5) is 5.69 Å². The molecule has 1 aromatic rings. The number of nitrogens with one attached hydrogen (secondary N) is 1. The number of hydrogen-bond donors (Lipinski definition) is 2. The zero-order chi connectivity index (χ0) is 24.9. The lowest BCUT2D eigenvalue weighted by Gasteiger charge is -2.62. The molecule has 36 heavy (non-hydrogen) atoms. The number of carbonyl (C=O) groups excluding carboxylic acids is 1. The van der Waals surface area contributed by atoms with E-state index >= 15 is 0 Å². The standard InChI is InChI=1S/C30H46N4O2/c1-3-32-12-14-34(15-13-32)28(35)25-4-6-27(7-5-25)33-10-8-26(9-11-33)31-22(2)29-17-23-16-24(18-29)20-30(36,19-23)21-29/h4-7,22-24,26,31,36H,3,8-21H2,1-2H3/t22-,23-,24+,29?,30?/m1/s1. The van der Waals surface area contributed by atoms with Crippen molar-refractivity contribution in [3.8, 4) is 0 Å². The van der Waals surface area contributed by atoms with Crippen LogP contribution < -0.4 is 10.2 Å². The summed E-state index contributed by atoms with van der Waals surface area (Å²) in [5.74, 6) is 1.67. The van der Waals surface area contributed by atoms with E-state index in [0.717, 1.165) is 95.3 Å². The van der Waals surface area contributed by atoms with E-state index in [1.165, 1.54) is 24.9 Å². The van der Waals surface area contributed by atoms with Gasteiger partial charge in [-0.05, 0) is 106 Å². The summed E-state index contributed by atoms with van der Waals surface area (Å²) in [6.07, 6.45) is 9.41. The lowest BCUT2D eigenvalue weighted by Crippen LogP contribution is -2.62. The normalized spacial score (nSPS) is 35.9. The minimum atomic E-state index is -0.374. The summed E-state index contributed by atoms with van der Waals surface area (Å²) < 4.78 is 0. The van der Waals surface area contributed by atoms with Gasteiger partial charge >= 0.3 is 0 Å². The van der Waals surface area contributed by atoms with Crippen LogP contribution >= 0.6 is 0 Å². The van der Waals surface area contributed by atoms with E-state index in [9.17, 15) is 9.90 Å². The molecule has 6 aliphatic rings. The van der Waals surface area contributed by atoms with Crippen LogP contribution in [0.15, 0.2) is 24.3 Å². The second-order valence-corrected chi connectivity index (χ2v) is 13.0. The number of aliphatic hydroxyl groups is 1. The summed E-state index contributed by atoms with van der Waals surface area (Å²) in [7, 11) is 0. The number of nitrogens with zero attached hydrogens (tertiary/aromatic N) is 3. The minimum Gasteiger partial charge on any atom is -0.390 e. The maximum Gasteiger partial charge on any atom is 0.253 e. The van der Waals surface area contributed by atoms with Crippen LogP contribution in [-0.2, 0) is 0 Å². The van der Waals surface area contributed by atoms with Gasteiger partial charge in [0.2, 0.25) is 0 Å². The van der Waals surface area contributed by atoms with Gasteiger partial charge < -0.3 is 25.1 Å². The van der Waals surface area contributed by atoms with E-state index in [4.69, 9.17) is 0 Å². The fourth-order valence-electron chi connectivity index (χ4n) is 8.89. The molecule has 198 valence electrons. The van der Waals surface area contributed by atoms with Crippen molar-refractivity contribution in [1.29, 1.82) is 0 Å². The molecule has 2 N–H and O–H groups in total. The molecular formula is C30H46N4O2. The molecule has 1 amide bonds. The second kappa shape index (κ2) is 9.59. The molecule has 6 heteroatoms. The maximum absolute atomic E-state index is 12.9. The van der Waals surface area contributed by atoms with Crippen molar-refractivity contribution in [2.75, 3.05) is 50.7 Å². The van der Waals surface area contributed by atoms with E-state index in [2.05, 4.69) is 41.1 Å². The molecule has 4 saturated carbocycles.